The van der Waals surface area contributed by atoms with E-state index in [1.54, 1.807) is 44.7 Å². The lowest BCUT2D eigenvalue weighted by molar-refractivity contribution is 0.394. The summed E-state index contributed by atoms with van der Waals surface area (Å²) in [7, 11) is 3.20. The minimum Gasteiger partial charge on any atom is -0.497 e. The maximum atomic E-state index is 5.78. The average molecular weight is 292 g/mol. The second kappa shape index (κ2) is 6.77. The first kappa shape index (κ1) is 14.1. The van der Waals surface area contributed by atoms with Crippen LogP contribution in [0.5, 0.6) is 11.5 Å². The molecule has 104 valence electrons. The number of nitrogens with zero attached hydrogens (tertiary/aromatic N) is 2. The third kappa shape index (κ3) is 3.61. The number of hydrogen-bond donors (Lipinski definition) is 1. The molecule has 5 nitrogen and oxygen atoms in total. The molecule has 6 heteroatoms. The molecule has 0 aliphatic carbocycles. The van der Waals surface area contributed by atoms with Gasteiger partial charge in [-0.25, -0.2) is 4.98 Å². The first-order chi connectivity index (χ1) is 9.72. The molecule has 1 aromatic heterocycles. The number of nitrogens with one attached hydrogen (secondary N) is 1. The standard InChI is InChI=1S/C14H14ClN3O2/c1-19-11-7-6-10(12(8-11)20-2)9-16-18-14-5-3-4-13(15)17-14/h3-9H,1-2H3,(H,17,18)/b16-9-. The quantitative estimate of drug-likeness (QED) is 0.522. The Kier molecular flexibility index (Phi) is 4.79. The lowest BCUT2D eigenvalue weighted by Gasteiger charge is -2.07. The summed E-state index contributed by atoms with van der Waals surface area (Å²) < 4.78 is 10.4. The number of hydrazone groups is 1. The van der Waals surface area contributed by atoms with Crippen LogP contribution in [0.25, 0.3) is 0 Å². The molecule has 0 saturated carbocycles. The van der Waals surface area contributed by atoms with Gasteiger partial charge in [-0.2, -0.15) is 5.10 Å². The second-order valence-corrected chi connectivity index (χ2v) is 4.21. The predicted molar refractivity (Wildman–Crippen MR) is 80.0 cm³/mol. The van der Waals surface area contributed by atoms with Gasteiger partial charge in [0, 0.05) is 11.6 Å². The summed E-state index contributed by atoms with van der Waals surface area (Å²) in [5.41, 5.74) is 3.62. The van der Waals surface area contributed by atoms with E-state index in [1.165, 1.54) is 0 Å². The van der Waals surface area contributed by atoms with E-state index in [0.29, 0.717) is 16.7 Å². The maximum absolute atomic E-state index is 5.78. The number of aromatic nitrogens is 1. The number of methoxy groups -OCH3 is 2. The van der Waals surface area contributed by atoms with E-state index in [0.717, 1.165) is 11.3 Å². The zero-order valence-corrected chi connectivity index (χ0v) is 11.9. The molecule has 0 spiro atoms. The number of halogens is 1. The van der Waals surface area contributed by atoms with Crippen LogP contribution >= 0.6 is 11.6 Å². The van der Waals surface area contributed by atoms with Crippen molar-refractivity contribution in [1.82, 2.24) is 4.98 Å². The lowest BCUT2D eigenvalue weighted by Crippen LogP contribution is -1.96. The van der Waals surface area contributed by atoms with Crippen LogP contribution in [0, 0.1) is 0 Å². The molecule has 0 aliphatic rings. The molecule has 20 heavy (non-hydrogen) atoms. The summed E-state index contributed by atoms with van der Waals surface area (Å²) in [6.07, 6.45) is 1.64. The fraction of sp³-hybridized carbons (Fsp3) is 0.143. The van der Waals surface area contributed by atoms with Crippen molar-refractivity contribution in [2.24, 2.45) is 5.10 Å². The first-order valence-electron chi connectivity index (χ1n) is 5.86. The van der Waals surface area contributed by atoms with Crippen LogP contribution in [-0.4, -0.2) is 25.4 Å². The first-order valence-corrected chi connectivity index (χ1v) is 6.24. The highest BCUT2D eigenvalue weighted by Crippen LogP contribution is 2.23. The third-order valence-corrected chi connectivity index (χ3v) is 2.75. The Morgan fingerprint density at radius 1 is 1.20 bits per heavy atom. The van der Waals surface area contributed by atoms with Crippen LogP contribution in [0.1, 0.15) is 5.56 Å². The van der Waals surface area contributed by atoms with Gasteiger partial charge in [-0.3, -0.25) is 5.43 Å². The largest absolute Gasteiger partial charge is 0.497 e. The molecule has 1 aromatic carbocycles. The SMILES string of the molecule is COc1ccc(/C=N\Nc2cccc(Cl)n2)c(OC)c1. The number of ether oxygens (including phenoxy) is 2. The molecule has 1 N–H and O–H groups in total. The van der Waals surface area contributed by atoms with Gasteiger partial charge < -0.3 is 9.47 Å². The molecule has 2 rings (SSSR count). The molecule has 0 fully saturated rings. The Bertz CT molecular complexity index is 617. The van der Waals surface area contributed by atoms with Crippen molar-refractivity contribution in [2.75, 3.05) is 19.6 Å². The Balaban J connectivity index is 2.11. The number of hydrogen-bond acceptors (Lipinski definition) is 5. The fourth-order valence-corrected chi connectivity index (χ4v) is 1.73. The third-order valence-electron chi connectivity index (χ3n) is 2.54. The van der Waals surface area contributed by atoms with Crippen LogP contribution in [0.4, 0.5) is 5.82 Å². The topological polar surface area (TPSA) is 55.7 Å². The van der Waals surface area contributed by atoms with E-state index in [1.807, 2.05) is 12.1 Å². The van der Waals surface area contributed by atoms with Gasteiger partial charge in [0.1, 0.15) is 22.5 Å². The number of rotatable bonds is 5. The summed E-state index contributed by atoms with van der Waals surface area (Å²) in [6.45, 7) is 0. The van der Waals surface area contributed by atoms with E-state index < -0.39 is 0 Å². The molecule has 0 atom stereocenters. The van der Waals surface area contributed by atoms with Crippen LogP contribution in [0.3, 0.4) is 0 Å². The Morgan fingerprint density at radius 2 is 2.05 bits per heavy atom. The summed E-state index contributed by atoms with van der Waals surface area (Å²) in [5, 5.41) is 4.51. The van der Waals surface area contributed by atoms with Gasteiger partial charge in [-0.15, -0.1) is 0 Å². The van der Waals surface area contributed by atoms with Crippen molar-refractivity contribution in [2.45, 2.75) is 0 Å². The zero-order chi connectivity index (χ0) is 14.4. The van der Waals surface area contributed by atoms with Crippen molar-refractivity contribution in [3.8, 4) is 11.5 Å². The van der Waals surface area contributed by atoms with E-state index in [2.05, 4.69) is 15.5 Å². The number of pyridine rings is 1. The fourth-order valence-electron chi connectivity index (χ4n) is 1.56. The Hall–Kier alpha value is -2.27. The van der Waals surface area contributed by atoms with Crippen molar-refractivity contribution < 1.29 is 9.47 Å². The summed E-state index contributed by atoms with van der Waals surface area (Å²) >= 11 is 5.78. The highest BCUT2D eigenvalue weighted by molar-refractivity contribution is 6.29. The predicted octanol–water partition coefficient (Wildman–Crippen LogP) is 3.20. The molecule has 0 bridgehead atoms. The minimum absolute atomic E-state index is 0.409. The van der Waals surface area contributed by atoms with E-state index in [4.69, 9.17) is 21.1 Å². The van der Waals surface area contributed by atoms with Gasteiger partial charge in [0.25, 0.3) is 0 Å². The van der Waals surface area contributed by atoms with Crippen molar-refractivity contribution in [3.63, 3.8) is 0 Å². The smallest absolute Gasteiger partial charge is 0.147 e. The molecule has 0 amide bonds. The molecule has 0 aliphatic heterocycles. The van der Waals surface area contributed by atoms with E-state index in [-0.39, 0.29) is 0 Å². The van der Waals surface area contributed by atoms with Crippen molar-refractivity contribution >= 4 is 23.6 Å². The lowest BCUT2D eigenvalue weighted by atomic mass is 10.2. The van der Waals surface area contributed by atoms with Crippen molar-refractivity contribution in [3.05, 3.63) is 47.1 Å². The second-order valence-electron chi connectivity index (χ2n) is 3.82. The Labute approximate surface area is 122 Å². The number of benzene rings is 1. The molecule has 2 aromatic rings. The number of anilines is 1. The highest BCUT2D eigenvalue weighted by Gasteiger charge is 2.02. The van der Waals surface area contributed by atoms with Crippen LogP contribution in [0.15, 0.2) is 41.5 Å². The average Bonchev–Trinajstić information content (AvgIpc) is 2.47. The maximum Gasteiger partial charge on any atom is 0.147 e. The molecule has 0 saturated heterocycles. The van der Waals surface area contributed by atoms with Gasteiger partial charge in [-0.05, 0) is 24.3 Å². The molecule has 0 radical (unpaired) electrons. The molecule has 0 unspecified atom stereocenters. The van der Waals surface area contributed by atoms with Gasteiger partial charge in [0.15, 0.2) is 0 Å². The minimum atomic E-state index is 0.409. The normalized spacial score (nSPS) is 10.6. The van der Waals surface area contributed by atoms with Gasteiger partial charge in [0.05, 0.1) is 20.4 Å². The van der Waals surface area contributed by atoms with Crippen LogP contribution in [-0.2, 0) is 0 Å². The van der Waals surface area contributed by atoms with Gasteiger partial charge in [-0.1, -0.05) is 17.7 Å². The van der Waals surface area contributed by atoms with Gasteiger partial charge >= 0.3 is 0 Å². The summed E-state index contributed by atoms with van der Waals surface area (Å²) in [5.74, 6) is 1.97. The monoisotopic (exact) mass is 291 g/mol. The van der Waals surface area contributed by atoms with Crippen LogP contribution in [0.2, 0.25) is 5.15 Å². The highest BCUT2D eigenvalue weighted by atomic mass is 35.5. The van der Waals surface area contributed by atoms with Gasteiger partial charge in [0.2, 0.25) is 0 Å². The van der Waals surface area contributed by atoms with E-state index in [9.17, 15) is 0 Å². The Morgan fingerprint density at radius 3 is 2.75 bits per heavy atom. The zero-order valence-electron chi connectivity index (χ0n) is 11.1. The van der Waals surface area contributed by atoms with Crippen LogP contribution < -0.4 is 14.9 Å². The molecular weight excluding hydrogens is 278 g/mol. The summed E-state index contributed by atoms with van der Waals surface area (Å²) in [6, 6.07) is 10.7. The summed E-state index contributed by atoms with van der Waals surface area (Å²) in [4.78, 5) is 4.06. The van der Waals surface area contributed by atoms with Crippen molar-refractivity contribution in [1.29, 1.82) is 0 Å². The molecular formula is C14H14ClN3O2. The molecule has 1 heterocycles. The van der Waals surface area contributed by atoms with E-state index >= 15 is 0 Å².